The predicted molar refractivity (Wildman–Crippen MR) is 232 cm³/mol. The van der Waals surface area contributed by atoms with E-state index in [0.29, 0.717) is 60.4 Å². The van der Waals surface area contributed by atoms with Crippen molar-refractivity contribution in [1.29, 1.82) is 0 Å². The highest BCUT2D eigenvalue weighted by atomic mass is 16.6. The first-order chi connectivity index (χ1) is 30.2. The third-order valence-electron chi connectivity index (χ3n) is 8.80. The molecule has 62 heavy (non-hydrogen) atoms. The summed E-state index contributed by atoms with van der Waals surface area (Å²) in [4.78, 5) is 60.4. The van der Waals surface area contributed by atoms with E-state index in [2.05, 4.69) is 23.4 Å². The molecule has 0 heterocycles. The van der Waals surface area contributed by atoms with Gasteiger partial charge in [0, 0.05) is 12.2 Å². The van der Waals surface area contributed by atoms with E-state index in [9.17, 15) is 24.0 Å². The number of hydrogen-bond acceptors (Lipinski definition) is 14. The molecule has 0 radical (unpaired) electrons. The smallest absolute Gasteiger partial charge is 0.343 e. The highest BCUT2D eigenvalue weighted by molar-refractivity contribution is 5.98. The molecule has 324 valence electrons. The molecule has 0 saturated carbocycles. The Morgan fingerprint density at radius 2 is 0.935 bits per heavy atom. The number of nitrogens with zero attached hydrogens (tertiary/aromatic N) is 2. The van der Waals surface area contributed by atoms with E-state index in [1.54, 1.807) is 78.9 Å². The first-order valence-corrected chi connectivity index (χ1v) is 20.1. The van der Waals surface area contributed by atoms with Crippen molar-refractivity contribution < 1.29 is 57.1 Å². The number of esters is 5. The zero-order valence-electron chi connectivity index (χ0n) is 34.7. The molecule has 0 aromatic heterocycles. The Kier molecular flexibility index (Phi) is 20.4. The first kappa shape index (κ1) is 47.3. The summed E-state index contributed by atoms with van der Waals surface area (Å²) >= 11 is 0. The second-order valence-corrected chi connectivity index (χ2v) is 13.4. The van der Waals surface area contributed by atoms with Crippen LogP contribution in [0.25, 0.3) is 0 Å². The molecule has 0 N–H and O–H groups in total. The molecule has 0 saturated heterocycles. The lowest BCUT2D eigenvalue weighted by molar-refractivity contribution is -0.138. The van der Waals surface area contributed by atoms with Crippen molar-refractivity contribution in [2.75, 3.05) is 33.5 Å². The van der Waals surface area contributed by atoms with Gasteiger partial charge in [-0.1, -0.05) is 13.2 Å². The minimum Gasteiger partial charge on any atom is -0.494 e. The summed E-state index contributed by atoms with van der Waals surface area (Å²) < 4.78 is 37.4. The molecule has 0 amide bonds. The monoisotopic (exact) mass is 846 g/mol. The Balaban J connectivity index is 1.19. The summed E-state index contributed by atoms with van der Waals surface area (Å²) in [5.41, 5.74) is 1.83. The van der Waals surface area contributed by atoms with Crippen LogP contribution in [0.1, 0.15) is 93.6 Å². The van der Waals surface area contributed by atoms with E-state index in [0.717, 1.165) is 63.5 Å². The van der Waals surface area contributed by atoms with E-state index >= 15 is 0 Å². The molecular weight excluding hydrogens is 797 g/mol. The maximum absolute atomic E-state index is 13.0. The van der Waals surface area contributed by atoms with Crippen LogP contribution in [-0.2, 0) is 23.8 Å². The Labute approximate surface area is 360 Å². The largest absolute Gasteiger partial charge is 0.494 e. The van der Waals surface area contributed by atoms with Crippen LogP contribution in [0.2, 0.25) is 0 Å². The number of rotatable bonds is 26. The Morgan fingerprint density at radius 1 is 0.500 bits per heavy atom. The average Bonchev–Trinajstić information content (AvgIpc) is 3.30. The molecule has 0 fully saturated rings. The van der Waals surface area contributed by atoms with Gasteiger partial charge in [-0.05, 0) is 153 Å². The van der Waals surface area contributed by atoms with Crippen LogP contribution in [0.5, 0.6) is 23.0 Å². The maximum Gasteiger partial charge on any atom is 0.343 e. The Bertz CT molecular complexity index is 2160. The molecule has 0 aliphatic carbocycles. The lowest BCUT2D eigenvalue weighted by atomic mass is 10.1. The fourth-order valence-corrected chi connectivity index (χ4v) is 5.47. The highest BCUT2D eigenvalue weighted by Gasteiger charge is 2.18. The molecule has 14 nitrogen and oxygen atoms in total. The molecule has 0 unspecified atom stereocenters. The maximum atomic E-state index is 13.0. The molecule has 0 bridgehead atoms. The first-order valence-electron chi connectivity index (χ1n) is 20.1. The second-order valence-electron chi connectivity index (χ2n) is 13.4. The Morgan fingerprint density at radius 3 is 1.42 bits per heavy atom. The molecule has 14 heteroatoms. The van der Waals surface area contributed by atoms with Crippen molar-refractivity contribution in [3.63, 3.8) is 0 Å². The van der Waals surface area contributed by atoms with Crippen molar-refractivity contribution in [3.05, 3.63) is 144 Å². The average molecular weight is 847 g/mol. The number of methoxy groups -OCH3 is 1. The molecule has 4 rings (SSSR count). The van der Waals surface area contributed by atoms with E-state index in [-0.39, 0.29) is 16.9 Å². The minimum absolute atomic E-state index is 0.00971. The fourth-order valence-electron chi connectivity index (χ4n) is 5.47. The molecule has 0 atom stereocenters. The van der Waals surface area contributed by atoms with Crippen LogP contribution in [-0.4, -0.2) is 75.8 Å². The summed E-state index contributed by atoms with van der Waals surface area (Å²) in [7, 11) is 1.22. The van der Waals surface area contributed by atoms with Gasteiger partial charge in [0.25, 0.3) is 0 Å². The zero-order valence-corrected chi connectivity index (χ0v) is 34.7. The molecule has 0 aliphatic rings. The van der Waals surface area contributed by atoms with Gasteiger partial charge in [0.1, 0.15) is 28.6 Å². The van der Waals surface area contributed by atoms with Gasteiger partial charge in [0.15, 0.2) is 0 Å². The van der Waals surface area contributed by atoms with Crippen LogP contribution in [0, 0.1) is 0 Å². The number of ether oxygens (including phenoxy) is 7. The zero-order chi connectivity index (χ0) is 44.4. The van der Waals surface area contributed by atoms with Gasteiger partial charge >= 0.3 is 29.8 Å². The standard InChI is InChI=1S/C48H50N2O12/c1-4-44(51)59-30-12-8-6-10-28-57-39-23-17-37(18-24-39)46(53)61-41-21-14-35(15-22-41)33-49-50-34-36-16-27-43(42(32-36)48(55)56-3)62-47(54)38-19-25-40(26-20-38)58-29-11-7-9-13-31-60-45(52)5-2/h4-5,14-27,32-34H,1-2,6-13,28-31H2,3H3/b49-33+,50-34+. The fraction of sp³-hybridized carbons (Fsp3) is 0.271. The van der Waals surface area contributed by atoms with Gasteiger partial charge in [-0.3, -0.25) is 0 Å². The van der Waals surface area contributed by atoms with E-state index in [1.807, 2.05) is 0 Å². The summed E-state index contributed by atoms with van der Waals surface area (Å²) in [6.45, 7) is 8.48. The highest BCUT2D eigenvalue weighted by Crippen LogP contribution is 2.23. The quantitative estimate of drug-likeness (QED) is 0.0112. The minimum atomic E-state index is -0.707. The summed E-state index contributed by atoms with van der Waals surface area (Å²) in [5.74, 6) is -1.14. The van der Waals surface area contributed by atoms with Gasteiger partial charge in [0.05, 0.1) is 57.1 Å². The van der Waals surface area contributed by atoms with Gasteiger partial charge in [0.2, 0.25) is 0 Å². The summed E-state index contributed by atoms with van der Waals surface area (Å²) in [6.07, 6.45) is 12.1. The van der Waals surface area contributed by atoms with Crippen molar-refractivity contribution >= 4 is 42.3 Å². The molecule has 4 aromatic carbocycles. The van der Waals surface area contributed by atoms with Gasteiger partial charge in [-0.25, -0.2) is 24.0 Å². The van der Waals surface area contributed by atoms with Crippen LogP contribution in [0.4, 0.5) is 0 Å². The third kappa shape index (κ3) is 17.1. The second kappa shape index (κ2) is 26.7. The van der Waals surface area contributed by atoms with Crippen LogP contribution < -0.4 is 18.9 Å². The summed E-state index contributed by atoms with van der Waals surface area (Å²) in [6, 6.07) is 24.4. The van der Waals surface area contributed by atoms with Gasteiger partial charge < -0.3 is 33.2 Å². The van der Waals surface area contributed by atoms with Gasteiger partial charge in [-0.15, -0.1) is 0 Å². The normalized spacial score (nSPS) is 10.8. The predicted octanol–water partition coefficient (Wildman–Crippen LogP) is 8.70. The number of benzene rings is 4. The molecule has 0 spiro atoms. The molecular formula is C48H50N2O12. The molecule has 0 aliphatic heterocycles. The van der Waals surface area contributed by atoms with E-state index < -0.39 is 29.8 Å². The molecule has 4 aromatic rings. The van der Waals surface area contributed by atoms with E-state index in [1.165, 1.54) is 31.7 Å². The number of carbonyl (C=O) groups excluding carboxylic acids is 5. The van der Waals surface area contributed by atoms with Crippen molar-refractivity contribution in [1.82, 2.24) is 0 Å². The topological polar surface area (TPSA) is 175 Å². The number of hydrogen-bond donors (Lipinski definition) is 0. The SMILES string of the molecule is C=CC(=O)OCCCCCCOc1ccc(C(=O)Oc2ccc(/C=N/N=C/c3ccc(OC(=O)c4ccc(OCCCCCCOC(=O)C=C)cc4)c(C(=O)OC)c3)cc2)cc1. The van der Waals surface area contributed by atoms with Crippen LogP contribution >= 0.6 is 0 Å². The summed E-state index contributed by atoms with van der Waals surface area (Å²) in [5, 5.41) is 8.14. The van der Waals surface area contributed by atoms with Crippen LogP contribution in [0.3, 0.4) is 0 Å². The lowest BCUT2D eigenvalue weighted by Crippen LogP contribution is -2.12. The third-order valence-corrected chi connectivity index (χ3v) is 8.80. The number of unbranched alkanes of at least 4 members (excludes halogenated alkanes) is 6. The van der Waals surface area contributed by atoms with Crippen molar-refractivity contribution in [2.24, 2.45) is 10.2 Å². The van der Waals surface area contributed by atoms with Crippen LogP contribution in [0.15, 0.2) is 127 Å². The van der Waals surface area contributed by atoms with Crippen molar-refractivity contribution in [3.8, 4) is 23.0 Å². The van der Waals surface area contributed by atoms with E-state index in [4.69, 9.17) is 33.2 Å². The lowest BCUT2D eigenvalue weighted by Gasteiger charge is -2.10. The number of carbonyl (C=O) groups is 5. The van der Waals surface area contributed by atoms with Gasteiger partial charge in [-0.2, -0.15) is 10.2 Å². The van der Waals surface area contributed by atoms with Crippen molar-refractivity contribution in [2.45, 2.75) is 51.4 Å². The Hall–Kier alpha value is -7.35.